The quantitative estimate of drug-likeness (QED) is 0.821. The van der Waals surface area contributed by atoms with Crippen molar-refractivity contribution in [3.05, 3.63) is 35.9 Å². The van der Waals surface area contributed by atoms with E-state index in [4.69, 9.17) is 5.11 Å². The smallest absolute Gasteiger partial charge is 0.245 e. The Kier molecular flexibility index (Phi) is 6.88. The molecule has 1 nitrogen and oxygen atoms in total. The van der Waals surface area contributed by atoms with Crippen LogP contribution in [-0.4, -0.2) is 17.6 Å². The lowest BCUT2D eigenvalue weighted by Crippen LogP contribution is -2.09. The Hall–Kier alpha value is -0.960. The van der Waals surface area contributed by atoms with Gasteiger partial charge in [-0.05, 0) is 20.3 Å². The van der Waals surface area contributed by atoms with Gasteiger partial charge in [0.1, 0.15) is 0 Å². The van der Waals surface area contributed by atoms with E-state index in [1.807, 2.05) is 18.2 Å². The molecule has 0 saturated carbocycles. The van der Waals surface area contributed by atoms with Gasteiger partial charge in [-0.15, -0.1) is 0 Å². The third kappa shape index (κ3) is 11.0. The van der Waals surface area contributed by atoms with Crippen molar-refractivity contribution in [2.24, 2.45) is 0 Å². The summed E-state index contributed by atoms with van der Waals surface area (Å²) in [7, 11) is 0. The number of benzene rings is 1. The van der Waals surface area contributed by atoms with Gasteiger partial charge in [-0.3, -0.25) is 0 Å². The third-order valence-electron chi connectivity index (χ3n) is 1.71. The molecular weight excluding hydrogens is 198 g/mol. The van der Waals surface area contributed by atoms with E-state index in [9.17, 15) is 8.78 Å². The van der Waals surface area contributed by atoms with E-state index in [1.165, 1.54) is 5.56 Å². The van der Waals surface area contributed by atoms with E-state index in [0.717, 1.165) is 6.92 Å². The molecule has 0 radical (unpaired) electrons. The van der Waals surface area contributed by atoms with Crippen LogP contribution < -0.4 is 0 Å². The van der Waals surface area contributed by atoms with E-state index in [2.05, 4.69) is 19.1 Å². The lowest BCUT2D eigenvalue weighted by Gasteiger charge is -2.06. The van der Waals surface area contributed by atoms with Crippen LogP contribution in [0.5, 0.6) is 0 Å². The summed E-state index contributed by atoms with van der Waals surface area (Å²) in [5.74, 6) is -2.61. The average Bonchev–Trinajstić information content (AvgIpc) is 2.16. The molecule has 1 aromatic rings. The number of hydrogen-bond acceptors (Lipinski definition) is 1. The second-order valence-electron chi connectivity index (χ2n) is 3.55. The number of rotatable bonds is 3. The monoisotopic (exact) mass is 216 g/mol. The number of hydrogen-bond donors (Lipinski definition) is 1. The van der Waals surface area contributed by atoms with E-state index < -0.39 is 5.92 Å². The molecule has 15 heavy (non-hydrogen) atoms. The molecule has 0 bridgehead atoms. The molecule has 0 amide bonds. The number of alkyl halides is 2. The maximum Gasteiger partial charge on any atom is 0.245 e. The normalized spacial score (nSPS) is 10.5. The summed E-state index contributed by atoms with van der Waals surface area (Å²) in [4.78, 5) is 0. The van der Waals surface area contributed by atoms with Gasteiger partial charge in [0.05, 0.1) is 0 Å². The summed E-state index contributed by atoms with van der Waals surface area (Å²) in [6, 6.07) is 10.3. The predicted octanol–water partition coefficient (Wildman–Crippen LogP) is 3.41. The molecule has 1 rings (SSSR count). The van der Waals surface area contributed by atoms with Crippen LogP contribution in [0.25, 0.3) is 0 Å². The highest BCUT2D eigenvalue weighted by molar-refractivity contribution is 5.11. The second kappa shape index (κ2) is 7.35. The number of aliphatic hydroxyl groups is 1. The Morgan fingerprint density at radius 3 is 1.93 bits per heavy atom. The van der Waals surface area contributed by atoms with Gasteiger partial charge in [-0.2, -0.15) is 0 Å². The minimum absolute atomic E-state index is 0.149. The van der Waals surface area contributed by atoms with Gasteiger partial charge in [-0.25, -0.2) is 8.78 Å². The van der Waals surface area contributed by atoms with E-state index in [-0.39, 0.29) is 19.4 Å². The van der Waals surface area contributed by atoms with E-state index >= 15 is 0 Å². The maximum atomic E-state index is 11.8. The van der Waals surface area contributed by atoms with Gasteiger partial charge in [0.15, 0.2) is 0 Å². The molecule has 0 heterocycles. The molecule has 0 aliphatic carbocycles. The molecule has 3 heteroatoms. The second-order valence-corrected chi connectivity index (χ2v) is 3.55. The lowest BCUT2D eigenvalue weighted by atomic mass is 10.2. The third-order valence-corrected chi connectivity index (χ3v) is 1.71. The molecule has 0 aliphatic rings. The van der Waals surface area contributed by atoms with Crippen molar-refractivity contribution in [2.75, 3.05) is 6.61 Å². The zero-order chi connectivity index (χ0) is 11.7. The van der Waals surface area contributed by atoms with Crippen LogP contribution in [0, 0.1) is 6.92 Å². The Labute approximate surface area is 89.8 Å². The highest BCUT2D eigenvalue weighted by Crippen LogP contribution is 2.17. The zero-order valence-electron chi connectivity index (χ0n) is 9.21. The largest absolute Gasteiger partial charge is 0.396 e. The summed E-state index contributed by atoms with van der Waals surface area (Å²) in [6.45, 7) is 2.78. The van der Waals surface area contributed by atoms with Gasteiger partial charge in [0, 0.05) is 13.0 Å². The fourth-order valence-corrected chi connectivity index (χ4v) is 0.924. The first-order chi connectivity index (χ1) is 6.95. The molecule has 0 atom stereocenters. The van der Waals surface area contributed by atoms with Gasteiger partial charge in [0.25, 0.3) is 0 Å². The summed E-state index contributed by atoms with van der Waals surface area (Å²) in [5.41, 5.74) is 1.32. The standard InChI is InChI=1S/C7H8.C5H10F2O/c1-7-5-3-2-4-6-7;1-5(6,7)3-2-4-8/h2-6H,1H3;8H,2-4H2,1H3. The Balaban J connectivity index is 0.000000262. The van der Waals surface area contributed by atoms with Crippen molar-refractivity contribution in [1.29, 1.82) is 0 Å². The van der Waals surface area contributed by atoms with E-state index in [0.29, 0.717) is 0 Å². The molecule has 1 N–H and O–H groups in total. The number of aliphatic hydroxyl groups excluding tert-OH is 1. The van der Waals surface area contributed by atoms with Crippen LogP contribution in [0.15, 0.2) is 30.3 Å². The molecule has 0 aromatic heterocycles. The predicted molar refractivity (Wildman–Crippen MR) is 58.1 cm³/mol. The Morgan fingerprint density at radius 1 is 1.20 bits per heavy atom. The zero-order valence-corrected chi connectivity index (χ0v) is 9.21. The summed E-state index contributed by atoms with van der Waals surface area (Å²) < 4.78 is 23.6. The van der Waals surface area contributed by atoms with Crippen molar-refractivity contribution in [2.45, 2.75) is 32.6 Å². The first-order valence-corrected chi connectivity index (χ1v) is 4.96. The molecule has 0 spiro atoms. The molecule has 0 aliphatic heterocycles. The molecule has 86 valence electrons. The number of halogens is 2. The van der Waals surface area contributed by atoms with Gasteiger partial charge in [-0.1, -0.05) is 35.9 Å². The van der Waals surface area contributed by atoms with Crippen LogP contribution in [0.3, 0.4) is 0 Å². The van der Waals surface area contributed by atoms with Crippen LogP contribution in [0.2, 0.25) is 0 Å². The molecule has 0 fully saturated rings. The SMILES string of the molecule is CC(F)(F)CCCO.Cc1ccccc1. The van der Waals surface area contributed by atoms with Crippen molar-refractivity contribution in [3.63, 3.8) is 0 Å². The lowest BCUT2D eigenvalue weighted by molar-refractivity contribution is 0.00677. The Bertz CT molecular complexity index is 242. The van der Waals surface area contributed by atoms with Crippen molar-refractivity contribution in [1.82, 2.24) is 0 Å². The van der Waals surface area contributed by atoms with Gasteiger partial charge < -0.3 is 5.11 Å². The summed E-state index contributed by atoms with van der Waals surface area (Å²) in [6.07, 6.45) is -0.0347. The molecular formula is C12H18F2O. The molecule has 1 aromatic carbocycles. The highest BCUT2D eigenvalue weighted by atomic mass is 19.3. The Morgan fingerprint density at radius 2 is 1.73 bits per heavy atom. The van der Waals surface area contributed by atoms with Crippen LogP contribution in [0.4, 0.5) is 8.78 Å². The minimum Gasteiger partial charge on any atom is -0.396 e. The number of aryl methyl sites for hydroxylation is 1. The summed E-state index contributed by atoms with van der Waals surface area (Å²) >= 11 is 0. The maximum absolute atomic E-state index is 11.8. The van der Waals surface area contributed by atoms with Gasteiger partial charge in [0.2, 0.25) is 5.92 Å². The minimum atomic E-state index is -2.61. The fraction of sp³-hybridized carbons (Fsp3) is 0.500. The van der Waals surface area contributed by atoms with Crippen molar-refractivity contribution in [3.8, 4) is 0 Å². The van der Waals surface area contributed by atoms with Gasteiger partial charge >= 0.3 is 0 Å². The van der Waals surface area contributed by atoms with Crippen molar-refractivity contribution >= 4 is 0 Å². The van der Waals surface area contributed by atoms with E-state index in [1.54, 1.807) is 0 Å². The topological polar surface area (TPSA) is 20.2 Å². The van der Waals surface area contributed by atoms with Crippen LogP contribution in [-0.2, 0) is 0 Å². The molecule has 0 unspecified atom stereocenters. The van der Waals surface area contributed by atoms with Crippen LogP contribution >= 0.6 is 0 Å². The highest BCUT2D eigenvalue weighted by Gasteiger charge is 2.19. The summed E-state index contributed by atoms with van der Waals surface area (Å²) in [5, 5.41) is 8.10. The van der Waals surface area contributed by atoms with Crippen LogP contribution in [0.1, 0.15) is 25.3 Å². The average molecular weight is 216 g/mol. The first-order valence-electron chi connectivity index (χ1n) is 4.96. The fourth-order valence-electron chi connectivity index (χ4n) is 0.924. The molecule has 0 saturated heterocycles. The first kappa shape index (κ1) is 14.0. The van der Waals surface area contributed by atoms with Crippen molar-refractivity contribution < 1.29 is 13.9 Å².